The molecule has 0 aliphatic heterocycles. The lowest BCUT2D eigenvalue weighted by Crippen LogP contribution is -2.24. The zero-order valence-electron chi connectivity index (χ0n) is 10.8. The zero-order chi connectivity index (χ0) is 15.0. The van der Waals surface area contributed by atoms with E-state index in [0.29, 0.717) is 21.4 Å². The third-order valence-corrected chi connectivity index (χ3v) is 4.18. The molecule has 0 aliphatic carbocycles. The molecule has 2 rings (SSSR count). The van der Waals surface area contributed by atoms with Crippen LogP contribution in [0.3, 0.4) is 0 Å². The van der Waals surface area contributed by atoms with Crippen molar-refractivity contribution in [2.75, 3.05) is 0 Å². The van der Waals surface area contributed by atoms with Gasteiger partial charge in [-0.2, -0.15) is 0 Å². The van der Waals surface area contributed by atoms with Crippen LogP contribution in [0, 0.1) is 13.8 Å². The summed E-state index contributed by atoms with van der Waals surface area (Å²) in [6, 6.07) is 6.73. The largest absolute Gasteiger partial charge is 0.478 e. The van der Waals surface area contributed by atoms with E-state index in [1.165, 1.54) is 10.6 Å². The Balaban J connectivity index is 2.88. The van der Waals surface area contributed by atoms with Crippen molar-refractivity contribution in [1.82, 2.24) is 4.57 Å². The highest BCUT2D eigenvalue weighted by Crippen LogP contribution is 2.26. The highest BCUT2D eigenvalue weighted by molar-refractivity contribution is 9.11. The van der Waals surface area contributed by atoms with Crippen LogP contribution >= 0.6 is 31.9 Å². The van der Waals surface area contributed by atoms with E-state index in [4.69, 9.17) is 0 Å². The lowest BCUT2D eigenvalue weighted by atomic mass is 10.1. The maximum Gasteiger partial charge on any atom is 0.337 e. The SMILES string of the molecule is Cc1cc(=O)n(-c2cc(Br)ccc2Br)c(C)c1C(=O)O. The number of rotatable bonds is 2. The molecule has 0 atom stereocenters. The maximum atomic E-state index is 12.2. The van der Waals surface area contributed by atoms with E-state index < -0.39 is 5.97 Å². The third-order valence-electron chi connectivity index (χ3n) is 3.01. The second-order valence-corrected chi connectivity index (χ2v) is 6.13. The van der Waals surface area contributed by atoms with Crippen LogP contribution in [-0.4, -0.2) is 15.6 Å². The second-order valence-electron chi connectivity index (χ2n) is 4.36. The van der Waals surface area contributed by atoms with Gasteiger partial charge in [-0.05, 0) is 53.5 Å². The summed E-state index contributed by atoms with van der Waals surface area (Å²) in [5.41, 5.74) is 1.35. The molecule has 2 aromatic rings. The van der Waals surface area contributed by atoms with E-state index in [2.05, 4.69) is 31.9 Å². The monoisotopic (exact) mass is 399 g/mol. The Labute approximate surface area is 132 Å². The van der Waals surface area contributed by atoms with Crippen LogP contribution in [-0.2, 0) is 0 Å². The van der Waals surface area contributed by atoms with E-state index in [9.17, 15) is 14.7 Å². The van der Waals surface area contributed by atoms with Crippen LogP contribution in [0.2, 0.25) is 0 Å². The Morgan fingerprint density at radius 1 is 1.20 bits per heavy atom. The fourth-order valence-corrected chi connectivity index (χ4v) is 2.94. The molecular weight excluding hydrogens is 390 g/mol. The minimum Gasteiger partial charge on any atom is -0.478 e. The Hall–Kier alpha value is -1.40. The second kappa shape index (κ2) is 5.54. The van der Waals surface area contributed by atoms with Crippen LogP contribution in [0.4, 0.5) is 0 Å². The fraction of sp³-hybridized carbons (Fsp3) is 0.143. The molecule has 104 valence electrons. The van der Waals surface area contributed by atoms with Crippen molar-refractivity contribution in [2.24, 2.45) is 0 Å². The Morgan fingerprint density at radius 2 is 1.85 bits per heavy atom. The zero-order valence-corrected chi connectivity index (χ0v) is 13.9. The third kappa shape index (κ3) is 2.58. The average molecular weight is 401 g/mol. The summed E-state index contributed by atoms with van der Waals surface area (Å²) in [6.45, 7) is 3.25. The quantitative estimate of drug-likeness (QED) is 0.836. The number of nitrogens with zero attached hydrogens (tertiary/aromatic N) is 1. The van der Waals surface area contributed by atoms with Gasteiger partial charge in [0, 0.05) is 20.7 Å². The topological polar surface area (TPSA) is 59.3 Å². The average Bonchev–Trinajstić information content (AvgIpc) is 2.32. The Morgan fingerprint density at radius 3 is 2.45 bits per heavy atom. The number of hydrogen-bond donors (Lipinski definition) is 1. The molecule has 0 amide bonds. The highest BCUT2D eigenvalue weighted by atomic mass is 79.9. The van der Waals surface area contributed by atoms with Gasteiger partial charge in [-0.3, -0.25) is 9.36 Å². The molecule has 1 N–H and O–H groups in total. The summed E-state index contributed by atoms with van der Waals surface area (Å²) in [7, 11) is 0. The molecule has 1 aromatic heterocycles. The molecule has 20 heavy (non-hydrogen) atoms. The fourth-order valence-electron chi connectivity index (χ4n) is 2.16. The number of pyridine rings is 1. The minimum atomic E-state index is -1.04. The smallest absolute Gasteiger partial charge is 0.337 e. The van der Waals surface area contributed by atoms with E-state index >= 15 is 0 Å². The van der Waals surface area contributed by atoms with Crippen molar-refractivity contribution >= 4 is 37.8 Å². The number of halogens is 2. The molecule has 0 fully saturated rings. The molecule has 0 bridgehead atoms. The van der Waals surface area contributed by atoms with Crippen molar-refractivity contribution in [3.63, 3.8) is 0 Å². The number of aryl methyl sites for hydroxylation is 1. The Kier molecular flexibility index (Phi) is 4.15. The predicted molar refractivity (Wildman–Crippen MR) is 83.9 cm³/mol. The number of carboxylic acid groups (broad SMARTS) is 1. The van der Waals surface area contributed by atoms with Crippen molar-refractivity contribution in [1.29, 1.82) is 0 Å². The summed E-state index contributed by atoms with van der Waals surface area (Å²) >= 11 is 6.74. The first kappa shape index (κ1) is 15.0. The lowest BCUT2D eigenvalue weighted by Gasteiger charge is -2.15. The molecule has 0 radical (unpaired) electrons. The van der Waals surface area contributed by atoms with Gasteiger partial charge < -0.3 is 5.11 Å². The van der Waals surface area contributed by atoms with Gasteiger partial charge in [0.1, 0.15) is 0 Å². The van der Waals surface area contributed by atoms with Gasteiger partial charge >= 0.3 is 5.97 Å². The minimum absolute atomic E-state index is 0.150. The normalized spacial score (nSPS) is 10.6. The van der Waals surface area contributed by atoms with Crippen molar-refractivity contribution in [3.05, 3.63) is 60.4 Å². The number of carbonyl (C=O) groups is 1. The predicted octanol–water partition coefficient (Wildman–Crippen LogP) is 3.68. The molecule has 6 heteroatoms. The molecule has 0 saturated heterocycles. The molecule has 0 unspecified atom stereocenters. The van der Waals surface area contributed by atoms with E-state index in [-0.39, 0.29) is 11.1 Å². The summed E-state index contributed by atoms with van der Waals surface area (Å²) < 4.78 is 2.91. The highest BCUT2D eigenvalue weighted by Gasteiger charge is 2.18. The van der Waals surface area contributed by atoms with Gasteiger partial charge in [0.05, 0.1) is 11.3 Å². The van der Waals surface area contributed by atoms with Gasteiger partial charge in [0.25, 0.3) is 5.56 Å². The number of hydrogen-bond acceptors (Lipinski definition) is 2. The van der Waals surface area contributed by atoms with E-state index in [1.54, 1.807) is 26.0 Å². The van der Waals surface area contributed by atoms with Gasteiger partial charge in [0.2, 0.25) is 0 Å². The molecule has 4 nitrogen and oxygen atoms in total. The maximum absolute atomic E-state index is 12.2. The van der Waals surface area contributed by atoms with Crippen LogP contribution in [0.25, 0.3) is 5.69 Å². The number of aromatic nitrogens is 1. The van der Waals surface area contributed by atoms with E-state index in [0.717, 1.165) is 4.47 Å². The van der Waals surface area contributed by atoms with Gasteiger partial charge in [-0.1, -0.05) is 15.9 Å². The number of aromatic carboxylic acids is 1. The summed E-state index contributed by atoms with van der Waals surface area (Å²) in [4.78, 5) is 23.6. The molecule has 1 heterocycles. The number of benzene rings is 1. The van der Waals surface area contributed by atoms with Crippen LogP contribution in [0.5, 0.6) is 0 Å². The van der Waals surface area contributed by atoms with Crippen LogP contribution in [0.1, 0.15) is 21.6 Å². The standard InChI is InChI=1S/C14H11Br2NO3/c1-7-5-12(18)17(8(2)13(7)14(19)20)11-6-9(15)3-4-10(11)16/h3-6H,1-2H3,(H,19,20). The molecule has 0 saturated carbocycles. The van der Waals surface area contributed by atoms with Gasteiger partial charge in [-0.25, -0.2) is 4.79 Å². The molecule has 1 aromatic carbocycles. The summed E-state index contributed by atoms with van der Waals surface area (Å²) in [5, 5.41) is 9.30. The van der Waals surface area contributed by atoms with Crippen LogP contribution < -0.4 is 5.56 Å². The first-order valence-electron chi connectivity index (χ1n) is 5.75. The van der Waals surface area contributed by atoms with Gasteiger partial charge in [-0.15, -0.1) is 0 Å². The molecule has 0 aliphatic rings. The summed E-state index contributed by atoms with van der Waals surface area (Å²) in [6.07, 6.45) is 0. The number of carboxylic acids is 1. The van der Waals surface area contributed by atoms with Crippen LogP contribution in [0.15, 0.2) is 38.0 Å². The van der Waals surface area contributed by atoms with Crippen molar-refractivity contribution < 1.29 is 9.90 Å². The van der Waals surface area contributed by atoms with Crippen molar-refractivity contribution in [2.45, 2.75) is 13.8 Å². The first-order valence-corrected chi connectivity index (χ1v) is 7.33. The van der Waals surface area contributed by atoms with E-state index in [1.807, 2.05) is 6.07 Å². The molecule has 0 spiro atoms. The van der Waals surface area contributed by atoms with Gasteiger partial charge in [0.15, 0.2) is 0 Å². The lowest BCUT2D eigenvalue weighted by molar-refractivity contribution is 0.0694. The van der Waals surface area contributed by atoms with Crippen molar-refractivity contribution in [3.8, 4) is 5.69 Å². The molecular formula is C14H11Br2NO3. The Bertz CT molecular complexity index is 766. The first-order chi connectivity index (χ1) is 9.32. The summed E-state index contributed by atoms with van der Waals surface area (Å²) in [5.74, 6) is -1.04.